The summed E-state index contributed by atoms with van der Waals surface area (Å²) in [7, 11) is 1.54. The smallest absolute Gasteiger partial charge is 0.229 e. The Bertz CT molecular complexity index is 905. The highest BCUT2D eigenvalue weighted by Crippen LogP contribution is 2.33. The lowest BCUT2D eigenvalue weighted by molar-refractivity contribution is -0.122. The summed E-state index contributed by atoms with van der Waals surface area (Å²) in [5, 5.41) is 2.89. The van der Waals surface area contributed by atoms with Crippen molar-refractivity contribution in [3.8, 4) is 5.75 Å². The van der Waals surface area contributed by atoms with Gasteiger partial charge < -0.3 is 15.0 Å². The Morgan fingerprint density at radius 3 is 2.57 bits per heavy atom. The van der Waals surface area contributed by atoms with Crippen molar-refractivity contribution in [2.75, 3.05) is 23.9 Å². The SMILES string of the molecule is COc1ccc(C(C)(C)C)cc1NC(=O)[C@@H]1CC(=O)N(c2ccccc2F)C1. The number of benzene rings is 2. The van der Waals surface area contributed by atoms with Gasteiger partial charge in [0.15, 0.2) is 0 Å². The molecule has 0 aromatic heterocycles. The Hall–Kier alpha value is -2.89. The van der Waals surface area contributed by atoms with Crippen LogP contribution in [-0.4, -0.2) is 25.5 Å². The number of ether oxygens (including phenoxy) is 1. The summed E-state index contributed by atoms with van der Waals surface area (Å²) < 4.78 is 19.4. The van der Waals surface area contributed by atoms with E-state index in [1.165, 1.54) is 11.0 Å². The predicted molar refractivity (Wildman–Crippen MR) is 107 cm³/mol. The molecular formula is C22H25FN2O3. The van der Waals surface area contributed by atoms with Crippen molar-refractivity contribution in [1.82, 2.24) is 0 Å². The molecule has 0 spiro atoms. The average molecular weight is 384 g/mol. The first kappa shape index (κ1) is 19.9. The number of amides is 2. The van der Waals surface area contributed by atoms with Crippen molar-refractivity contribution in [3.63, 3.8) is 0 Å². The first-order valence-electron chi connectivity index (χ1n) is 9.25. The molecule has 6 heteroatoms. The molecule has 0 saturated carbocycles. The van der Waals surface area contributed by atoms with Crippen LogP contribution in [0.3, 0.4) is 0 Å². The fourth-order valence-electron chi connectivity index (χ4n) is 3.29. The highest BCUT2D eigenvalue weighted by atomic mass is 19.1. The van der Waals surface area contributed by atoms with Crippen molar-refractivity contribution in [1.29, 1.82) is 0 Å². The molecule has 1 aliphatic heterocycles. The highest BCUT2D eigenvalue weighted by molar-refractivity contribution is 6.04. The molecule has 1 N–H and O–H groups in total. The van der Waals surface area contributed by atoms with Gasteiger partial charge in [-0.25, -0.2) is 4.39 Å². The Labute approximate surface area is 164 Å². The summed E-state index contributed by atoms with van der Waals surface area (Å²) in [5.41, 5.74) is 1.74. The van der Waals surface area contributed by atoms with Gasteiger partial charge in [0.05, 0.1) is 24.4 Å². The normalized spacial score (nSPS) is 17.0. The molecule has 5 nitrogen and oxygen atoms in total. The lowest BCUT2D eigenvalue weighted by Crippen LogP contribution is -2.28. The molecule has 0 unspecified atom stereocenters. The monoisotopic (exact) mass is 384 g/mol. The molecule has 0 bridgehead atoms. The minimum absolute atomic E-state index is 0.0431. The van der Waals surface area contributed by atoms with Crippen LogP contribution in [0.2, 0.25) is 0 Å². The molecule has 1 fully saturated rings. The van der Waals surface area contributed by atoms with E-state index in [9.17, 15) is 14.0 Å². The van der Waals surface area contributed by atoms with Gasteiger partial charge in [-0.15, -0.1) is 0 Å². The van der Waals surface area contributed by atoms with Gasteiger partial charge in [-0.1, -0.05) is 39.0 Å². The maximum absolute atomic E-state index is 14.0. The first-order chi connectivity index (χ1) is 13.2. The van der Waals surface area contributed by atoms with Crippen LogP contribution in [0.5, 0.6) is 5.75 Å². The zero-order valence-corrected chi connectivity index (χ0v) is 16.6. The number of halogens is 1. The van der Waals surface area contributed by atoms with E-state index in [0.29, 0.717) is 11.4 Å². The number of hydrogen-bond acceptors (Lipinski definition) is 3. The molecule has 148 valence electrons. The van der Waals surface area contributed by atoms with Gasteiger partial charge in [0.25, 0.3) is 0 Å². The van der Waals surface area contributed by atoms with Gasteiger partial charge in [-0.2, -0.15) is 0 Å². The minimum Gasteiger partial charge on any atom is -0.495 e. The molecule has 1 aliphatic rings. The Kier molecular flexibility index (Phi) is 5.40. The van der Waals surface area contributed by atoms with E-state index < -0.39 is 11.7 Å². The van der Waals surface area contributed by atoms with Crippen molar-refractivity contribution in [2.45, 2.75) is 32.6 Å². The summed E-state index contributed by atoms with van der Waals surface area (Å²) >= 11 is 0. The molecule has 0 radical (unpaired) electrons. The zero-order valence-electron chi connectivity index (χ0n) is 16.6. The summed E-state index contributed by atoms with van der Waals surface area (Å²) in [6.07, 6.45) is 0.0431. The van der Waals surface area contributed by atoms with Crippen LogP contribution in [0.1, 0.15) is 32.8 Å². The van der Waals surface area contributed by atoms with Crippen molar-refractivity contribution in [2.24, 2.45) is 5.92 Å². The van der Waals surface area contributed by atoms with Crippen molar-refractivity contribution >= 4 is 23.2 Å². The van der Waals surface area contributed by atoms with Gasteiger partial charge in [0, 0.05) is 13.0 Å². The number of carbonyl (C=O) groups excluding carboxylic acids is 2. The van der Waals surface area contributed by atoms with Crippen LogP contribution in [-0.2, 0) is 15.0 Å². The molecular weight excluding hydrogens is 359 g/mol. The molecule has 1 atom stereocenters. The molecule has 3 rings (SSSR count). The molecule has 2 amide bonds. The number of hydrogen-bond donors (Lipinski definition) is 1. The zero-order chi connectivity index (χ0) is 20.5. The Morgan fingerprint density at radius 2 is 1.93 bits per heavy atom. The largest absolute Gasteiger partial charge is 0.495 e. The van der Waals surface area contributed by atoms with Crippen LogP contribution in [0, 0.1) is 11.7 Å². The van der Waals surface area contributed by atoms with Crippen molar-refractivity contribution < 1.29 is 18.7 Å². The van der Waals surface area contributed by atoms with E-state index in [0.717, 1.165) is 5.56 Å². The van der Waals surface area contributed by atoms with Crippen LogP contribution in [0.15, 0.2) is 42.5 Å². The van der Waals surface area contributed by atoms with Crippen LogP contribution in [0.25, 0.3) is 0 Å². The molecule has 28 heavy (non-hydrogen) atoms. The molecule has 0 aliphatic carbocycles. The third-order valence-electron chi connectivity index (χ3n) is 4.96. The number of anilines is 2. The quantitative estimate of drug-likeness (QED) is 0.863. The van der Waals surface area contributed by atoms with E-state index in [1.807, 2.05) is 18.2 Å². The second-order valence-electron chi connectivity index (χ2n) is 8.01. The summed E-state index contributed by atoms with van der Waals surface area (Å²) in [5.74, 6) is -1.03. The first-order valence-corrected chi connectivity index (χ1v) is 9.25. The van der Waals surface area contributed by atoms with Crippen LogP contribution >= 0.6 is 0 Å². The predicted octanol–water partition coefficient (Wildman–Crippen LogP) is 4.12. The van der Waals surface area contributed by atoms with E-state index in [2.05, 4.69) is 26.1 Å². The van der Waals surface area contributed by atoms with Gasteiger partial charge in [0.1, 0.15) is 11.6 Å². The number of nitrogens with zero attached hydrogens (tertiary/aromatic N) is 1. The summed E-state index contributed by atoms with van der Waals surface area (Å²) in [6.45, 7) is 6.40. The van der Waals surface area contributed by atoms with Gasteiger partial charge >= 0.3 is 0 Å². The fraction of sp³-hybridized carbons (Fsp3) is 0.364. The summed E-state index contributed by atoms with van der Waals surface area (Å²) in [4.78, 5) is 26.5. The fourth-order valence-corrected chi connectivity index (χ4v) is 3.29. The maximum atomic E-state index is 14.0. The number of rotatable bonds is 4. The molecule has 2 aromatic carbocycles. The van der Waals surface area contributed by atoms with E-state index in [1.54, 1.807) is 25.3 Å². The summed E-state index contributed by atoms with van der Waals surface area (Å²) in [6, 6.07) is 11.8. The topological polar surface area (TPSA) is 58.6 Å². The molecule has 1 saturated heterocycles. The second kappa shape index (κ2) is 7.62. The van der Waals surface area contributed by atoms with Crippen molar-refractivity contribution in [3.05, 3.63) is 53.8 Å². The van der Waals surface area contributed by atoms with E-state index >= 15 is 0 Å². The lowest BCUT2D eigenvalue weighted by Gasteiger charge is -2.22. The van der Waals surface area contributed by atoms with Gasteiger partial charge in [-0.05, 0) is 35.2 Å². The van der Waals surface area contributed by atoms with Crippen LogP contribution in [0.4, 0.5) is 15.8 Å². The minimum atomic E-state index is -0.560. The van der Waals surface area contributed by atoms with E-state index in [-0.39, 0.29) is 35.9 Å². The van der Waals surface area contributed by atoms with Crippen LogP contribution < -0.4 is 15.0 Å². The Balaban J connectivity index is 1.79. The highest BCUT2D eigenvalue weighted by Gasteiger charge is 2.36. The Morgan fingerprint density at radius 1 is 1.21 bits per heavy atom. The third-order valence-corrected chi connectivity index (χ3v) is 4.96. The number of carbonyl (C=O) groups is 2. The van der Waals surface area contributed by atoms with Gasteiger partial charge in [-0.3, -0.25) is 9.59 Å². The average Bonchev–Trinajstić information content (AvgIpc) is 3.03. The van der Waals surface area contributed by atoms with Gasteiger partial charge in [0.2, 0.25) is 11.8 Å². The number of nitrogens with one attached hydrogen (secondary N) is 1. The number of para-hydroxylation sites is 1. The lowest BCUT2D eigenvalue weighted by atomic mass is 9.86. The molecule has 1 heterocycles. The third kappa shape index (κ3) is 4.01. The second-order valence-corrected chi connectivity index (χ2v) is 8.01. The maximum Gasteiger partial charge on any atom is 0.229 e. The standard InChI is InChI=1S/C22H25FN2O3/c1-22(2,3)15-9-10-19(28-4)17(12-15)24-21(27)14-11-20(26)25(13-14)18-8-6-5-7-16(18)23/h5-10,12,14H,11,13H2,1-4H3,(H,24,27)/t14-/m1/s1. The number of methoxy groups -OCH3 is 1. The van der Waals surface area contributed by atoms with E-state index in [4.69, 9.17) is 4.74 Å². The molecule has 2 aromatic rings.